The molecular weight excluding hydrogens is 415 g/mol. The number of nitrogens with zero attached hydrogens (tertiary/aromatic N) is 2. The Hall–Kier alpha value is -4.20. The molecule has 0 saturated carbocycles. The van der Waals surface area contributed by atoms with E-state index in [1.165, 1.54) is 29.2 Å². The number of ether oxygens (including phenoxy) is 2. The van der Waals surface area contributed by atoms with Crippen LogP contribution in [0.5, 0.6) is 11.5 Å². The second kappa shape index (κ2) is 7.81. The van der Waals surface area contributed by atoms with Gasteiger partial charge in [-0.1, -0.05) is 24.3 Å². The molecule has 3 heterocycles. The Morgan fingerprint density at radius 2 is 1.91 bits per heavy atom. The summed E-state index contributed by atoms with van der Waals surface area (Å²) < 4.78 is 25.5. The molecule has 2 aliphatic rings. The maximum Gasteiger partial charge on any atom is 0.295 e. The molecule has 1 saturated heterocycles. The van der Waals surface area contributed by atoms with Crippen LogP contribution in [0.4, 0.5) is 4.39 Å². The number of hydrogen-bond donors (Lipinski definition) is 1. The predicted octanol–water partition coefficient (Wildman–Crippen LogP) is 3.57. The van der Waals surface area contributed by atoms with E-state index in [2.05, 4.69) is 4.98 Å². The summed E-state index contributed by atoms with van der Waals surface area (Å²) in [5.74, 6) is -1.82. The van der Waals surface area contributed by atoms with Gasteiger partial charge in [-0.25, -0.2) is 4.39 Å². The topological polar surface area (TPSA) is 89.0 Å². The number of fused-ring (bicyclic) bond motifs is 1. The molecule has 5 rings (SSSR count). The van der Waals surface area contributed by atoms with Crippen molar-refractivity contribution in [3.05, 3.63) is 95.1 Å². The summed E-state index contributed by atoms with van der Waals surface area (Å²) in [5, 5.41) is 11.1. The Morgan fingerprint density at radius 1 is 1.09 bits per heavy atom. The monoisotopic (exact) mass is 432 g/mol. The molecule has 8 heteroatoms. The second-order valence-electron chi connectivity index (χ2n) is 7.38. The van der Waals surface area contributed by atoms with Crippen molar-refractivity contribution in [3.8, 4) is 11.5 Å². The SMILES string of the molecule is O=C1C(=O)N(Cc2cccnc2)C(c2ccccc2F)C1=C(O)c1ccc2c(c1)OCO2. The maximum atomic E-state index is 14.8. The van der Waals surface area contributed by atoms with Gasteiger partial charge in [-0.15, -0.1) is 0 Å². The van der Waals surface area contributed by atoms with Gasteiger partial charge < -0.3 is 19.5 Å². The van der Waals surface area contributed by atoms with E-state index in [4.69, 9.17) is 9.47 Å². The van der Waals surface area contributed by atoms with Crippen molar-refractivity contribution in [2.75, 3.05) is 6.79 Å². The van der Waals surface area contributed by atoms with Crippen LogP contribution in [0.25, 0.3) is 5.76 Å². The summed E-state index contributed by atoms with van der Waals surface area (Å²) in [5.41, 5.74) is 0.842. The van der Waals surface area contributed by atoms with Gasteiger partial charge in [0.2, 0.25) is 6.79 Å². The molecule has 1 unspecified atom stereocenters. The Bertz CT molecular complexity index is 1260. The smallest absolute Gasteiger partial charge is 0.295 e. The molecule has 7 nitrogen and oxygen atoms in total. The quantitative estimate of drug-likeness (QED) is 0.385. The molecule has 2 aromatic carbocycles. The lowest BCUT2D eigenvalue weighted by atomic mass is 9.94. The summed E-state index contributed by atoms with van der Waals surface area (Å²) in [6.45, 7) is 0.0691. The number of aromatic nitrogens is 1. The number of Topliss-reactive ketones (excluding diaryl/α,β-unsaturated/α-hetero) is 1. The first-order valence-corrected chi connectivity index (χ1v) is 9.86. The van der Waals surface area contributed by atoms with Crippen molar-refractivity contribution < 1.29 is 28.6 Å². The lowest BCUT2D eigenvalue weighted by molar-refractivity contribution is -0.140. The van der Waals surface area contributed by atoms with Crippen LogP contribution in [0, 0.1) is 5.82 Å². The predicted molar refractivity (Wildman–Crippen MR) is 111 cm³/mol. The van der Waals surface area contributed by atoms with Crippen LogP contribution >= 0.6 is 0 Å². The number of aliphatic hydroxyl groups is 1. The highest BCUT2D eigenvalue weighted by Crippen LogP contribution is 2.42. The molecule has 3 aromatic rings. The molecule has 1 aromatic heterocycles. The maximum absolute atomic E-state index is 14.8. The minimum atomic E-state index is -1.11. The van der Waals surface area contributed by atoms with Crippen LogP contribution in [0.15, 0.2) is 72.6 Å². The van der Waals surface area contributed by atoms with Crippen LogP contribution in [0.1, 0.15) is 22.7 Å². The van der Waals surface area contributed by atoms with E-state index in [9.17, 15) is 19.1 Å². The van der Waals surface area contributed by atoms with Crippen LogP contribution in [0.2, 0.25) is 0 Å². The van der Waals surface area contributed by atoms with Crippen LogP contribution < -0.4 is 9.47 Å². The molecule has 0 bridgehead atoms. The van der Waals surface area contributed by atoms with E-state index < -0.39 is 29.3 Å². The lowest BCUT2D eigenvalue weighted by Gasteiger charge is -2.25. The number of benzene rings is 2. The fraction of sp³-hybridized carbons (Fsp3) is 0.125. The Morgan fingerprint density at radius 3 is 2.69 bits per heavy atom. The van der Waals surface area contributed by atoms with E-state index in [0.29, 0.717) is 17.1 Å². The van der Waals surface area contributed by atoms with Crippen LogP contribution in [0.3, 0.4) is 0 Å². The van der Waals surface area contributed by atoms with Gasteiger partial charge in [0.1, 0.15) is 11.6 Å². The van der Waals surface area contributed by atoms with E-state index in [-0.39, 0.29) is 30.0 Å². The van der Waals surface area contributed by atoms with Gasteiger partial charge in [-0.05, 0) is 35.9 Å². The van der Waals surface area contributed by atoms with Crippen LogP contribution in [-0.2, 0) is 16.1 Å². The zero-order valence-electron chi connectivity index (χ0n) is 16.7. The highest BCUT2D eigenvalue weighted by Gasteiger charge is 2.47. The molecule has 1 amide bonds. The van der Waals surface area contributed by atoms with E-state index in [0.717, 1.165) is 0 Å². The number of amides is 1. The number of carbonyl (C=O) groups excluding carboxylic acids is 2. The number of hydrogen-bond acceptors (Lipinski definition) is 6. The van der Waals surface area contributed by atoms with E-state index >= 15 is 0 Å². The molecular formula is C24H17FN2O5. The van der Waals surface area contributed by atoms with Crippen molar-refractivity contribution in [1.29, 1.82) is 0 Å². The highest BCUT2D eigenvalue weighted by atomic mass is 19.1. The zero-order valence-corrected chi connectivity index (χ0v) is 16.7. The third-order valence-corrected chi connectivity index (χ3v) is 5.46. The van der Waals surface area contributed by atoms with Gasteiger partial charge in [0.15, 0.2) is 11.5 Å². The van der Waals surface area contributed by atoms with Crippen molar-refractivity contribution in [2.24, 2.45) is 0 Å². The first kappa shape index (κ1) is 19.7. The molecule has 0 radical (unpaired) electrons. The van der Waals surface area contributed by atoms with Crippen LogP contribution in [-0.4, -0.2) is 33.5 Å². The molecule has 32 heavy (non-hydrogen) atoms. The summed E-state index contributed by atoms with van der Waals surface area (Å²) in [6, 6.07) is 12.9. The van der Waals surface area contributed by atoms with Crippen molar-refractivity contribution in [3.63, 3.8) is 0 Å². The molecule has 1 fully saturated rings. The number of aliphatic hydroxyl groups excluding tert-OH is 1. The van der Waals surface area contributed by atoms with E-state index in [1.54, 1.807) is 42.7 Å². The number of rotatable bonds is 4. The molecule has 0 spiro atoms. The number of carbonyl (C=O) groups is 2. The average Bonchev–Trinajstić information content (AvgIpc) is 3.38. The normalized spacial score (nSPS) is 18.9. The fourth-order valence-electron chi connectivity index (χ4n) is 3.95. The summed E-state index contributed by atoms with van der Waals surface area (Å²) in [4.78, 5) is 31.3. The minimum Gasteiger partial charge on any atom is -0.507 e. The molecule has 0 aliphatic carbocycles. The first-order chi connectivity index (χ1) is 15.5. The zero-order chi connectivity index (χ0) is 22.2. The van der Waals surface area contributed by atoms with Crippen molar-refractivity contribution in [2.45, 2.75) is 12.6 Å². The van der Waals surface area contributed by atoms with Crippen molar-refractivity contribution >= 4 is 17.4 Å². The van der Waals surface area contributed by atoms with Crippen molar-refractivity contribution in [1.82, 2.24) is 9.88 Å². The van der Waals surface area contributed by atoms with Gasteiger partial charge in [-0.2, -0.15) is 0 Å². The Kier molecular flexibility index (Phi) is 4.82. The number of pyridine rings is 1. The molecule has 2 aliphatic heterocycles. The van der Waals surface area contributed by atoms with Gasteiger partial charge in [0.25, 0.3) is 11.7 Å². The second-order valence-corrected chi connectivity index (χ2v) is 7.38. The van der Waals surface area contributed by atoms with Gasteiger partial charge in [-0.3, -0.25) is 14.6 Å². The van der Waals surface area contributed by atoms with Gasteiger partial charge >= 0.3 is 0 Å². The van der Waals surface area contributed by atoms with Gasteiger partial charge in [0.05, 0.1) is 11.6 Å². The minimum absolute atomic E-state index is 0.0231. The first-order valence-electron chi connectivity index (χ1n) is 9.86. The Balaban J connectivity index is 1.66. The summed E-state index contributed by atoms with van der Waals surface area (Å²) in [6.07, 6.45) is 3.15. The third kappa shape index (κ3) is 3.26. The van der Waals surface area contributed by atoms with Gasteiger partial charge in [0, 0.05) is 30.1 Å². The number of likely N-dealkylation sites (tertiary alicyclic amines) is 1. The Labute approximate surface area is 182 Å². The largest absolute Gasteiger partial charge is 0.507 e. The molecule has 1 atom stereocenters. The highest BCUT2D eigenvalue weighted by molar-refractivity contribution is 6.46. The summed E-state index contributed by atoms with van der Waals surface area (Å²) in [7, 11) is 0. The fourth-order valence-corrected chi connectivity index (χ4v) is 3.95. The molecule has 160 valence electrons. The standard InChI is InChI=1S/C24H17FN2O5/c25-17-6-2-1-5-16(17)21-20(22(28)15-7-8-18-19(10-15)32-13-31-18)23(29)24(30)27(21)12-14-4-3-9-26-11-14/h1-11,21,28H,12-13H2. The number of halogens is 1. The number of ketones is 1. The molecule has 1 N–H and O–H groups in total. The third-order valence-electron chi connectivity index (χ3n) is 5.46. The average molecular weight is 432 g/mol. The van der Waals surface area contributed by atoms with E-state index in [1.807, 2.05) is 0 Å². The lowest BCUT2D eigenvalue weighted by Crippen LogP contribution is -2.29. The summed E-state index contributed by atoms with van der Waals surface area (Å²) >= 11 is 0.